The maximum absolute atomic E-state index is 11.8. The van der Waals surface area contributed by atoms with Gasteiger partial charge in [0, 0.05) is 20.2 Å². The first-order chi connectivity index (χ1) is 6.66. The fourth-order valence-corrected chi connectivity index (χ4v) is 1.67. The molecule has 0 radical (unpaired) electrons. The Labute approximate surface area is 85.4 Å². The van der Waals surface area contributed by atoms with Crippen LogP contribution in [0, 0.1) is 0 Å². The van der Waals surface area contributed by atoms with Gasteiger partial charge in [-0.15, -0.1) is 0 Å². The van der Waals surface area contributed by atoms with E-state index in [0.717, 1.165) is 25.9 Å². The van der Waals surface area contributed by atoms with Crippen LogP contribution in [0.4, 0.5) is 0 Å². The minimum atomic E-state index is -0.516. The molecule has 0 aromatic carbocycles. The van der Waals surface area contributed by atoms with E-state index in [9.17, 15) is 4.79 Å². The zero-order valence-corrected chi connectivity index (χ0v) is 9.03. The number of hydrogen-bond donors (Lipinski definition) is 1. The highest BCUT2D eigenvalue weighted by Gasteiger charge is 2.26. The van der Waals surface area contributed by atoms with E-state index in [-0.39, 0.29) is 12.0 Å². The normalized spacial score (nSPS) is 21.8. The monoisotopic (exact) mass is 200 g/mol. The first-order valence-electron chi connectivity index (χ1n) is 5.24. The van der Waals surface area contributed by atoms with Crippen molar-refractivity contribution in [1.29, 1.82) is 0 Å². The maximum Gasteiger partial charge on any atom is 0.242 e. The predicted molar refractivity (Wildman–Crippen MR) is 54.9 cm³/mol. The van der Waals surface area contributed by atoms with Crippen LogP contribution in [-0.2, 0) is 9.53 Å². The second-order valence-corrected chi connectivity index (χ2v) is 3.85. The molecule has 82 valence electrons. The summed E-state index contributed by atoms with van der Waals surface area (Å²) in [7, 11) is 1.58. The molecule has 1 aliphatic heterocycles. The number of amides is 1. The van der Waals surface area contributed by atoms with Crippen molar-refractivity contribution in [3.63, 3.8) is 0 Å². The van der Waals surface area contributed by atoms with Crippen molar-refractivity contribution < 1.29 is 9.53 Å². The van der Waals surface area contributed by atoms with Crippen LogP contribution in [0.3, 0.4) is 0 Å². The maximum atomic E-state index is 11.8. The lowest BCUT2D eigenvalue weighted by atomic mass is 10.1. The molecule has 1 amide bonds. The number of carbonyl (C=O) groups excluding carboxylic acids is 1. The van der Waals surface area contributed by atoms with E-state index < -0.39 is 6.04 Å². The molecule has 2 atom stereocenters. The Morgan fingerprint density at radius 3 is 2.43 bits per heavy atom. The number of nitrogens with two attached hydrogens (primary N) is 1. The summed E-state index contributed by atoms with van der Waals surface area (Å²) in [6.07, 6.45) is 3.21. The van der Waals surface area contributed by atoms with Gasteiger partial charge < -0.3 is 15.4 Å². The van der Waals surface area contributed by atoms with Gasteiger partial charge in [-0.2, -0.15) is 0 Å². The Morgan fingerprint density at radius 2 is 1.93 bits per heavy atom. The summed E-state index contributed by atoms with van der Waals surface area (Å²) in [5.41, 5.74) is 5.79. The van der Waals surface area contributed by atoms with Gasteiger partial charge in [0.2, 0.25) is 5.91 Å². The molecule has 0 saturated carbocycles. The van der Waals surface area contributed by atoms with Crippen molar-refractivity contribution in [3.8, 4) is 0 Å². The molecule has 0 bridgehead atoms. The summed E-state index contributed by atoms with van der Waals surface area (Å²) in [5.74, 6) is 0.0269. The number of piperidine rings is 1. The summed E-state index contributed by atoms with van der Waals surface area (Å²) in [6.45, 7) is 3.53. The average molecular weight is 200 g/mol. The van der Waals surface area contributed by atoms with Crippen LogP contribution < -0.4 is 5.73 Å². The predicted octanol–water partition coefficient (Wildman–Crippen LogP) is 0.361. The number of carbonyl (C=O) groups is 1. The third-order valence-electron chi connectivity index (χ3n) is 2.83. The SMILES string of the molecule is CO[C@H](C)[C@H](N)C(=O)N1CCCCC1. The first kappa shape index (κ1) is 11.5. The van der Waals surface area contributed by atoms with Crippen molar-refractivity contribution in [2.75, 3.05) is 20.2 Å². The van der Waals surface area contributed by atoms with Crippen molar-refractivity contribution in [2.24, 2.45) is 5.73 Å². The van der Waals surface area contributed by atoms with Crippen LogP contribution in [0.2, 0.25) is 0 Å². The number of likely N-dealkylation sites (tertiary alicyclic amines) is 1. The minimum Gasteiger partial charge on any atom is -0.380 e. The molecule has 1 heterocycles. The third-order valence-corrected chi connectivity index (χ3v) is 2.83. The Morgan fingerprint density at radius 1 is 1.36 bits per heavy atom. The Hall–Kier alpha value is -0.610. The van der Waals surface area contributed by atoms with Gasteiger partial charge in [0.15, 0.2) is 0 Å². The van der Waals surface area contributed by atoms with Gasteiger partial charge >= 0.3 is 0 Å². The number of nitrogens with zero attached hydrogens (tertiary/aromatic N) is 1. The zero-order chi connectivity index (χ0) is 10.6. The van der Waals surface area contributed by atoms with Gasteiger partial charge in [0.1, 0.15) is 6.04 Å². The van der Waals surface area contributed by atoms with E-state index in [1.807, 2.05) is 11.8 Å². The molecule has 0 aromatic rings. The quantitative estimate of drug-likeness (QED) is 0.715. The molecule has 0 aliphatic carbocycles. The van der Waals surface area contributed by atoms with Gasteiger partial charge in [-0.05, 0) is 26.2 Å². The topological polar surface area (TPSA) is 55.6 Å². The van der Waals surface area contributed by atoms with E-state index in [0.29, 0.717) is 0 Å². The molecule has 4 heteroatoms. The highest BCUT2D eigenvalue weighted by atomic mass is 16.5. The van der Waals surface area contributed by atoms with Crippen molar-refractivity contribution in [1.82, 2.24) is 4.90 Å². The summed E-state index contributed by atoms with van der Waals surface area (Å²) in [5, 5.41) is 0. The summed E-state index contributed by atoms with van der Waals surface area (Å²) < 4.78 is 5.05. The van der Waals surface area contributed by atoms with Crippen LogP contribution in [0.25, 0.3) is 0 Å². The molecule has 0 spiro atoms. The highest BCUT2D eigenvalue weighted by molar-refractivity contribution is 5.82. The van der Waals surface area contributed by atoms with Crippen molar-refractivity contribution in [3.05, 3.63) is 0 Å². The summed E-state index contributed by atoms with van der Waals surface area (Å²) in [4.78, 5) is 13.7. The fraction of sp³-hybridized carbons (Fsp3) is 0.900. The van der Waals surface area contributed by atoms with Gasteiger partial charge in [0.25, 0.3) is 0 Å². The average Bonchev–Trinajstić information content (AvgIpc) is 2.27. The molecule has 1 fully saturated rings. The van der Waals surface area contributed by atoms with E-state index in [1.165, 1.54) is 6.42 Å². The molecule has 0 unspecified atom stereocenters. The van der Waals surface area contributed by atoms with Gasteiger partial charge in [-0.25, -0.2) is 0 Å². The number of rotatable bonds is 3. The molecule has 2 N–H and O–H groups in total. The zero-order valence-electron chi connectivity index (χ0n) is 9.03. The second kappa shape index (κ2) is 5.32. The van der Waals surface area contributed by atoms with E-state index in [1.54, 1.807) is 7.11 Å². The van der Waals surface area contributed by atoms with Gasteiger partial charge in [-0.3, -0.25) is 4.79 Å². The summed E-state index contributed by atoms with van der Waals surface area (Å²) in [6, 6.07) is -0.516. The van der Waals surface area contributed by atoms with Crippen LogP contribution >= 0.6 is 0 Å². The first-order valence-corrected chi connectivity index (χ1v) is 5.24. The molecule has 14 heavy (non-hydrogen) atoms. The molecule has 1 rings (SSSR count). The molecular weight excluding hydrogens is 180 g/mol. The standard InChI is InChI=1S/C10H20N2O2/c1-8(14-2)9(11)10(13)12-6-4-3-5-7-12/h8-9H,3-7,11H2,1-2H3/t8-,9+/m1/s1. The smallest absolute Gasteiger partial charge is 0.242 e. The number of hydrogen-bond acceptors (Lipinski definition) is 3. The van der Waals surface area contributed by atoms with Crippen LogP contribution in [0.5, 0.6) is 0 Å². The minimum absolute atomic E-state index is 0.0269. The van der Waals surface area contributed by atoms with E-state index in [4.69, 9.17) is 10.5 Å². The lowest BCUT2D eigenvalue weighted by Crippen LogP contribution is -2.51. The lowest BCUT2D eigenvalue weighted by Gasteiger charge is -2.30. The third kappa shape index (κ3) is 2.69. The van der Waals surface area contributed by atoms with Gasteiger partial charge in [0.05, 0.1) is 6.10 Å². The van der Waals surface area contributed by atoms with Crippen LogP contribution in [0.1, 0.15) is 26.2 Å². The lowest BCUT2D eigenvalue weighted by molar-refractivity contribution is -0.136. The molecule has 1 saturated heterocycles. The molecule has 4 nitrogen and oxygen atoms in total. The largest absolute Gasteiger partial charge is 0.380 e. The van der Waals surface area contributed by atoms with Gasteiger partial charge in [-0.1, -0.05) is 0 Å². The highest BCUT2D eigenvalue weighted by Crippen LogP contribution is 2.10. The van der Waals surface area contributed by atoms with Crippen LogP contribution in [0.15, 0.2) is 0 Å². The van der Waals surface area contributed by atoms with Crippen molar-refractivity contribution in [2.45, 2.75) is 38.3 Å². The Bertz CT molecular complexity index is 187. The fourth-order valence-electron chi connectivity index (χ4n) is 1.67. The Balaban J connectivity index is 2.46. The van der Waals surface area contributed by atoms with Crippen LogP contribution in [-0.4, -0.2) is 43.2 Å². The van der Waals surface area contributed by atoms with E-state index >= 15 is 0 Å². The van der Waals surface area contributed by atoms with Crippen molar-refractivity contribution >= 4 is 5.91 Å². The second-order valence-electron chi connectivity index (χ2n) is 3.85. The number of ether oxygens (including phenoxy) is 1. The Kier molecular flexibility index (Phi) is 4.35. The summed E-state index contributed by atoms with van der Waals surface area (Å²) >= 11 is 0. The molecular formula is C10H20N2O2. The van der Waals surface area contributed by atoms with E-state index in [2.05, 4.69) is 0 Å². The number of methoxy groups -OCH3 is 1. The molecule has 0 aromatic heterocycles. The molecule has 1 aliphatic rings.